The van der Waals surface area contributed by atoms with E-state index in [-0.39, 0.29) is 34.5 Å². The topological polar surface area (TPSA) is 9.72 Å². The van der Waals surface area contributed by atoms with Crippen LogP contribution in [-0.4, -0.2) is 18.3 Å². The molecule has 60 heavy (non-hydrogen) atoms. The van der Waals surface area contributed by atoms with Gasteiger partial charge in [0.25, 0.3) is 6.71 Å². The second-order valence-corrected chi connectivity index (χ2v) is 22.0. The van der Waals surface area contributed by atoms with Gasteiger partial charge in [-0.15, -0.1) is 11.3 Å². The molecule has 3 unspecified atom stereocenters. The number of aryl methyl sites for hydroxylation is 1. The summed E-state index contributed by atoms with van der Waals surface area (Å²) in [5.41, 5.74) is 18.3. The Kier molecular flexibility index (Phi) is 8.23. The Bertz CT molecular complexity index is 2740. The molecule has 1 saturated carbocycles. The maximum Gasteiger partial charge on any atom is 0.259 e. The molecule has 3 atom stereocenters. The third-order valence-electron chi connectivity index (χ3n) is 15.4. The van der Waals surface area contributed by atoms with E-state index in [1.54, 1.807) is 16.7 Å². The highest BCUT2D eigenvalue weighted by Crippen LogP contribution is 2.63. The number of hydrogen-bond acceptors (Lipinski definition) is 4. The predicted octanol–water partition coefficient (Wildman–Crippen LogP) is 13.3. The van der Waals surface area contributed by atoms with Crippen molar-refractivity contribution in [2.24, 2.45) is 0 Å². The normalized spacial score (nSPS) is 23.0. The summed E-state index contributed by atoms with van der Waals surface area (Å²) >= 11 is 2.04. The molecule has 1 aromatic heterocycles. The number of benzene rings is 5. The molecule has 5 aliphatic rings. The summed E-state index contributed by atoms with van der Waals surface area (Å²) in [6, 6.07) is 44.2. The first-order chi connectivity index (χ1) is 28.7. The molecule has 0 N–H and O–H groups in total. The lowest BCUT2D eigenvalue weighted by Gasteiger charge is -2.57. The Balaban J connectivity index is 1.28. The quantitative estimate of drug-likeness (QED) is 0.164. The van der Waals surface area contributed by atoms with Gasteiger partial charge < -0.3 is 14.7 Å². The number of nitrogens with zero attached hydrogens (tertiary/aromatic N) is 3. The van der Waals surface area contributed by atoms with Crippen LogP contribution in [0.1, 0.15) is 110 Å². The van der Waals surface area contributed by atoms with Crippen LogP contribution in [-0.2, 0) is 16.2 Å². The van der Waals surface area contributed by atoms with Crippen LogP contribution >= 0.6 is 11.3 Å². The highest BCUT2D eigenvalue weighted by molar-refractivity contribution is 7.32. The molecule has 0 radical (unpaired) electrons. The smallest absolute Gasteiger partial charge is 0.259 e. The van der Waals surface area contributed by atoms with Gasteiger partial charge in [-0.25, -0.2) is 0 Å². The Morgan fingerprint density at radius 3 is 2.03 bits per heavy atom. The van der Waals surface area contributed by atoms with Crippen molar-refractivity contribution in [3.63, 3.8) is 0 Å². The van der Waals surface area contributed by atoms with Crippen LogP contribution in [0, 0.1) is 6.92 Å². The molecule has 3 aliphatic heterocycles. The Hall–Kier alpha value is -5.00. The third-order valence-corrected chi connectivity index (χ3v) is 16.6. The van der Waals surface area contributed by atoms with Crippen LogP contribution in [0.5, 0.6) is 0 Å². The van der Waals surface area contributed by atoms with Crippen LogP contribution in [0.2, 0.25) is 0 Å². The molecule has 4 heterocycles. The zero-order chi connectivity index (χ0) is 41.5. The monoisotopic (exact) mass is 803 g/mol. The van der Waals surface area contributed by atoms with E-state index in [1.165, 1.54) is 96.8 Å². The zero-order valence-corrected chi connectivity index (χ0v) is 37.8. The summed E-state index contributed by atoms with van der Waals surface area (Å²) in [4.78, 5) is 8.31. The molecule has 0 spiro atoms. The van der Waals surface area contributed by atoms with Gasteiger partial charge in [-0.05, 0) is 113 Å². The van der Waals surface area contributed by atoms with E-state index in [0.29, 0.717) is 0 Å². The lowest BCUT2D eigenvalue weighted by atomic mass is 9.33. The van der Waals surface area contributed by atoms with Gasteiger partial charge in [0.1, 0.15) is 0 Å². The van der Waals surface area contributed by atoms with Crippen molar-refractivity contribution in [2.75, 3.05) is 14.7 Å². The molecule has 6 aromatic rings. The average Bonchev–Trinajstić information content (AvgIpc) is 3.70. The zero-order valence-electron chi connectivity index (χ0n) is 37.0. The summed E-state index contributed by atoms with van der Waals surface area (Å²) in [7, 11) is 0. The van der Waals surface area contributed by atoms with Gasteiger partial charge in [0.2, 0.25) is 0 Å². The lowest BCUT2D eigenvalue weighted by Crippen LogP contribution is -2.67. The second-order valence-electron chi connectivity index (χ2n) is 20.9. The summed E-state index contributed by atoms with van der Waals surface area (Å²) in [6.45, 7) is 22.1. The van der Waals surface area contributed by atoms with E-state index in [2.05, 4.69) is 198 Å². The molecule has 0 bridgehead atoms. The van der Waals surface area contributed by atoms with Gasteiger partial charge in [0.15, 0.2) is 0 Å². The Labute approximate surface area is 362 Å². The molecule has 0 amide bonds. The fourth-order valence-electron chi connectivity index (χ4n) is 12.1. The highest BCUT2D eigenvalue weighted by atomic mass is 32.1. The van der Waals surface area contributed by atoms with E-state index >= 15 is 0 Å². The van der Waals surface area contributed by atoms with E-state index in [9.17, 15) is 0 Å². The number of para-hydroxylation sites is 2. The molecular weight excluding hydrogens is 746 g/mol. The summed E-state index contributed by atoms with van der Waals surface area (Å²) in [5, 5.41) is 1.35. The van der Waals surface area contributed by atoms with E-state index < -0.39 is 0 Å². The van der Waals surface area contributed by atoms with Gasteiger partial charge in [-0.3, -0.25) is 0 Å². The van der Waals surface area contributed by atoms with Crippen molar-refractivity contribution in [3.05, 3.63) is 160 Å². The molecule has 302 valence electrons. The average molecular weight is 804 g/mol. The van der Waals surface area contributed by atoms with Crippen molar-refractivity contribution >= 4 is 66.8 Å². The fraction of sp³-hybridized carbons (Fsp3) is 0.345. The second kappa shape index (κ2) is 13.0. The third kappa shape index (κ3) is 5.27. The molecule has 11 rings (SSSR count). The molecule has 5 heteroatoms. The SMILES string of the molecule is Cc1cc(C(C)(C)C)ccc1N1C2=C3B(c4cc(C(C)(C)C)cc5c4N(C3CC(N(c3ccccc3)c3ccccc3)=C2)C2(C)CCCCC52C)c2sc3ccccc3c21. The molecular formula is C55H58BN3S. The van der Waals surface area contributed by atoms with Gasteiger partial charge in [-0.2, -0.15) is 0 Å². The van der Waals surface area contributed by atoms with Crippen LogP contribution in [0.4, 0.5) is 28.4 Å². The number of fused-ring (bicyclic) bond motifs is 9. The number of rotatable bonds is 4. The largest absolute Gasteiger partial charge is 0.359 e. The minimum absolute atomic E-state index is 0.0189. The van der Waals surface area contributed by atoms with Crippen LogP contribution < -0.4 is 24.9 Å². The minimum atomic E-state index is -0.0189. The lowest BCUT2D eigenvalue weighted by molar-refractivity contribution is 0.177. The van der Waals surface area contributed by atoms with Crippen molar-refractivity contribution in [1.29, 1.82) is 0 Å². The molecule has 1 fully saturated rings. The standard InChI is InChI=1S/C55H58BN3S/c1-35-30-36(52(2,3)4)26-27-44(35)58-45-33-40(57(38-20-12-10-13-21-38)39-22-14-11-15-23-39)34-46-48(45)56(51-49(58)41-24-16-17-25-47(41)60-51)43-32-37(53(5,6)7)31-42-50(43)59(46)55(9)29-19-18-28-54(42,55)8/h10-17,20-27,30-33,46H,18-19,28-29,34H2,1-9H3. The first-order valence-corrected chi connectivity index (χ1v) is 23.3. The number of allylic oxidation sites excluding steroid dienone is 1. The highest BCUT2D eigenvalue weighted by Gasteiger charge is 2.64. The van der Waals surface area contributed by atoms with E-state index in [4.69, 9.17) is 0 Å². The molecule has 3 nitrogen and oxygen atoms in total. The summed E-state index contributed by atoms with van der Waals surface area (Å²) < 4.78 is 2.86. The molecule has 2 aliphatic carbocycles. The van der Waals surface area contributed by atoms with Crippen LogP contribution in [0.25, 0.3) is 10.1 Å². The Morgan fingerprint density at radius 1 is 0.717 bits per heavy atom. The first kappa shape index (κ1) is 38.0. The van der Waals surface area contributed by atoms with E-state index in [0.717, 1.165) is 6.42 Å². The number of hydrogen-bond donors (Lipinski definition) is 0. The van der Waals surface area contributed by atoms with Gasteiger partial charge in [-0.1, -0.05) is 140 Å². The first-order valence-electron chi connectivity index (χ1n) is 22.4. The van der Waals surface area contributed by atoms with Gasteiger partial charge >= 0.3 is 0 Å². The molecule has 5 aromatic carbocycles. The fourth-order valence-corrected chi connectivity index (χ4v) is 13.4. The number of thiophene rings is 1. The summed E-state index contributed by atoms with van der Waals surface area (Å²) in [6.07, 6.45) is 8.54. The number of anilines is 5. The molecule has 0 saturated heterocycles. The van der Waals surface area contributed by atoms with Gasteiger partial charge in [0, 0.05) is 66.4 Å². The van der Waals surface area contributed by atoms with Crippen molar-refractivity contribution < 1.29 is 0 Å². The summed E-state index contributed by atoms with van der Waals surface area (Å²) in [5.74, 6) is 0. The van der Waals surface area contributed by atoms with Crippen molar-refractivity contribution in [3.8, 4) is 0 Å². The minimum Gasteiger partial charge on any atom is -0.359 e. The Morgan fingerprint density at radius 2 is 1.37 bits per heavy atom. The van der Waals surface area contributed by atoms with Crippen LogP contribution in [0.3, 0.4) is 0 Å². The van der Waals surface area contributed by atoms with Crippen molar-refractivity contribution in [1.82, 2.24) is 0 Å². The maximum atomic E-state index is 3.03. The van der Waals surface area contributed by atoms with Gasteiger partial charge in [0.05, 0.1) is 11.7 Å². The van der Waals surface area contributed by atoms with Crippen LogP contribution in [0.15, 0.2) is 138 Å². The van der Waals surface area contributed by atoms with Crippen molar-refractivity contribution in [2.45, 2.75) is 122 Å². The predicted molar refractivity (Wildman–Crippen MR) is 259 cm³/mol. The maximum absolute atomic E-state index is 3.03. The van der Waals surface area contributed by atoms with E-state index in [1.807, 2.05) is 11.3 Å².